The normalized spacial score (nSPS) is 16.9. The molecule has 0 amide bonds. The molecule has 20 heavy (non-hydrogen) atoms. The van der Waals surface area contributed by atoms with Crippen molar-refractivity contribution in [1.82, 2.24) is 9.97 Å². The number of nitrogens with zero attached hydrogens (tertiary/aromatic N) is 3. The average Bonchev–Trinajstić information content (AvgIpc) is 2.94. The molecule has 0 bridgehead atoms. The average molecular weight is 280 g/mol. The zero-order chi connectivity index (χ0) is 14.6. The molecule has 8 nitrogen and oxygen atoms in total. The van der Waals surface area contributed by atoms with Crippen molar-refractivity contribution in [3.8, 4) is 0 Å². The van der Waals surface area contributed by atoms with Crippen LogP contribution in [0.2, 0.25) is 0 Å². The van der Waals surface area contributed by atoms with Crippen LogP contribution in [0.5, 0.6) is 0 Å². The van der Waals surface area contributed by atoms with Crippen molar-refractivity contribution in [3.63, 3.8) is 0 Å². The van der Waals surface area contributed by atoms with Gasteiger partial charge in [-0.1, -0.05) is 19.8 Å². The minimum atomic E-state index is -0.490. The van der Waals surface area contributed by atoms with Gasteiger partial charge in [-0.15, -0.1) is 0 Å². The highest BCUT2D eigenvalue weighted by Crippen LogP contribution is 2.41. The molecule has 0 saturated heterocycles. The van der Waals surface area contributed by atoms with Crippen LogP contribution < -0.4 is 16.6 Å². The highest BCUT2D eigenvalue weighted by molar-refractivity contribution is 5.56. The molecule has 1 aliphatic rings. The maximum absolute atomic E-state index is 11.0. The molecule has 1 heterocycles. The van der Waals surface area contributed by atoms with Crippen LogP contribution in [-0.2, 0) is 0 Å². The third kappa shape index (κ3) is 2.96. The zero-order valence-corrected chi connectivity index (χ0v) is 11.6. The second-order valence-corrected chi connectivity index (χ2v) is 5.24. The summed E-state index contributed by atoms with van der Waals surface area (Å²) in [6.45, 7) is 2.85. The molecular weight excluding hydrogens is 260 g/mol. The van der Waals surface area contributed by atoms with Crippen LogP contribution in [0.15, 0.2) is 6.20 Å². The zero-order valence-electron chi connectivity index (χ0n) is 11.6. The quantitative estimate of drug-likeness (QED) is 0.414. The first-order chi connectivity index (χ1) is 9.60. The number of nitrogen functional groups attached to an aromatic ring is 1. The van der Waals surface area contributed by atoms with E-state index in [0.717, 1.165) is 25.5 Å². The van der Waals surface area contributed by atoms with Crippen molar-refractivity contribution in [1.29, 1.82) is 0 Å². The molecular formula is C12H20N6O2. The van der Waals surface area contributed by atoms with Crippen molar-refractivity contribution < 1.29 is 4.92 Å². The van der Waals surface area contributed by atoms with Crippen molar-refractivity contribution in [2.24, 2.45) is 11.3 Å². The number of aromatic nitrogens is 2. The van der Waals surface area contributed by atoms with E-state index in [2.05, 4.69) is 27.6 Å². The summed E-state index contributed by atoms with van der Waals surface area (Å²) in [6.07, 6.45) is 6.96. The van der Waals surface area contributed by atoms with Gasteiger partial charge in [0.25, 0.3) is 0 Å². The molecule has 1 aromatic heterocycles. The van der Waals surface area contributed by atoms with E-state index in [1.807, 2.05) is 0 Å². The van der Waals surface area contributed by atoms with Crippen LogP contribution in [0.3, 0.4) is 0 Å². The van der Waals surface area contributed by atoms with E-state index < -0.39 is 4.92 Å². The van der Waals surface area contributed by atoms with E-state index in [4.69, 9.17) is 5.84 Å². The number of nitro groups is 1. The fourth-order valence-electron chi connectivity index (χ4n) is 2.76. The Morgan fingerprint density at radius 2 is 2.20 bits per heavy atom. The molecule has 8 heteroatoms. The minimum Gasteiger partial charge on any atom is -0.364 e. The second kappa shape index (κ2) is 6.00. The molecule has 0 radical (unpaired) electrons. The van der Waals surface area contributed by atoms with Crippen LogP contribution in [0, 0.1) is 15.5 Å². The van der Waals surface area contributed by atoms with Gasteiger partial charge in [0.15, 0.2) is 0 Å². The number of nitrogens with two attached hydrogens (primary N) is 1. The number of anilines is 2. The smallest absolute Gasteiger partial charge is 0.329 e. The van der Waals surface area contributed by atoms with Gasteiger partial charge in [-0.25, -0.2) is 10.8 Å². The maximum atomic E-state index is 11.0. The fourth-order valence-corrected chi connectivity index (χ4v) is 2.76. The van der Waals surface area contributed by atoms with E-state index in [-0.39, 0.29) is 22.9 Å². The number of hydrogen-bond acceptors (Lipinski definition) is 7. The third-order valence-corrected chi connectivity index (χ3v) is 4.14. The molecule has 4 N–H and O–H groups in total. The van der Waals surface area contributed by atoms with Crippen molar-refractivity contribution in [3.05, 3.63) is 16.3 Å². The number of nitrogens with one attached hydrogen (secondary N) is 2. The first-order valence-electron chi connectivity index (χ1n) is 6.82. The van der Waals surface area contributed by atoms with Crippen LogP contribution >= 0.6 is 0 Å². The van der Waals surface area contributed by atoms with E-state index in [1.165, 1.54) is 12.8 Å². The Balaban J connectivity index is 2.16. The Hall–Kier alpha value is -1.96. The van der Waals surface area contributed by atoms with Crippen LogP contribution in [-0.4, -0.2) is 21.4 Å². The van der Waals surface area contributed by atoms with Crippen molar-refractivity contribution >= 4 is 17.5 Å². The van der Waals surface area contributed by atoms with Gasteiger partial charge in [0.05, 0.1) is 4.92 Å². The summed E-state index contributed by atoms with van der Waals surface area (Å²) in [5.41, 5.74) is 2.39. The van der Waals surface area contributed by atoms with E-state index >= 15 is 0 Å². The first kappa shape index (κ1) is 14.4. The summed E-state index contributed by atoms with van der Waals surface area (Å²) in [5, 5.41) is 14.1. The van der Waals surface area contributed by atoms with Crippen LogP contribution in [0.1, 0.15) is 39.0 Å². The van der Waals surface area contributed by atoms with Crippen molar-refractivity contribution in [2.45, 2.75) is 39.0 Å². The van der Waals surface area contributed by atoms with Gasteiger partial charge in [-0.05, 0) is 24.7 Å². The SMILES string of the molecule is CCC1(CNc2nc(NN)ncc2[N+](=O)[O-])CCCC1. The van der Waals surface area contributed by atoms with Gasteiger partial charge in [0, 0.05) is 6.54 Å². The summed E-state index contributed by atoms with van der Waals surface area (Å²) in [7, 11) is 0. The fraction of sp³-hybridized carbons (Fsp3) is 0.667. The molecule has 0 atom stereocenters. The van der Waals surface area contributed by atoms with Gasteiger partial charge in [-0.3, -0.25) is 15.5 Å². The number of hydrogen-bond donors (Lipinski definition) is 3. The molecule has 0 aliphatic heterocycles. The maximum Gasteiger partial charge on any atom is 0.329 e. The molecule has 1 aromatic rings. The Morgan fingerprint density at radius 3 is 2.75 bits per heavy atom. The molecule has 1 aliphatic carbocycles. The Kier molecular flexibility index (Phi) is 4.33. The molecule has 1 fully saturated rings. The molecule has 0 unspecified atom stereocenters. The van der Waals surface area contributed by atoms with Gasteiger partial charge in [0.2, 0.25) is 11.8 Å². The highest BCUT2D eigenvalue weighted by atomic mass is 16.6. The summed E-state index contributed by atoms with van der Waals surface area (Å²) in [6, 6.07) is 0. The highest BCUT2D eigenvalue weighted by Gasteiger charge is 2.32. The topological polar surface area (TPSA) is 119 Å². The largest absolute Gasteiger partial charge is 0.364 e. The van der Waals surface area contributed by atoms with Crippen LogP contribution in [0.4, 0.5) is 17.5 Å². The van der Waals surface area contributed by atoms with E-state index in [9.17, 15) is 10.1 Å². The first-order valence-corrected chi connectivity index (χ1v) is 6.82. The summed E-state index contributed by atoms with van der Waals surface area (Å²) in [4.78, 5) is 18.3. The lowest BCUT2D eigenvalue weighted by Gasteiger charge is -2.27. The van der Waals surface area contributed by atoms with Crippen molar-refractivity contribution in [2.75, 3.05) is 17.3 Å². The Labute approximate surface area is 117 Å². The molecule has 0 spiro atoms. The van der Waals surface area contributed by atoms with E-state index in [0.29, 0.717) is 6.54 Å². The predicted octanol–water partition coefficient (Wildman–Crippen LogP) is 2.05. The number of hydrazine groups is 1. The van der Waals surface area contributed by atoms with Crippen LogP contribution in [0.25, 0.3) is 0 Å². The molecule has 110 valence electrons. The van der Waals surface area contributed by atoms with Gasteiger partial charge < -0.3 is 5.32 Å². The minimum absolute atomic E-state index is 0.131. The molecule has 2 rings (SSSR count). The number of rotatable bonds is 6. The summed E-state index contributed by atoms with van der Waals surface area (Å²) >= 11 is 0. The third-order valence-electron chi connectivity index (χ3n) is 4.14. The molecule has 0 aromatic carbocycles. The van der Waals surface area contributed by atoms with E-state index in [1.54, 1.807) is 0 Å². The lowest BCUT2D eigenvalue weighted by atomic mass is 9.83. The monoisotopic (exact) mass is 280 g/mol. The predicted molar refractivity (Wildman–Crippen MR) is 76.2 cm³/mol. The summed E-state index contributed by atoms with van der Waals surface area (Å²) < 4.78 is 0. The lowest BCUT2D eigenvalue weighted by molar-refractivity contribution is -0.384. The molecule has 1 saturated carbocycles. The summed E-state index contributed by atoms with van der Waals surface area (Å²) in [5.74, 6) is 5.62. The Morgan fingerprint density at radius 1 is 1.50 bits per heavy atom. The standard InChI is InChI=1S/C12H20N6O2/c1-2-12(5-3-4-6-12)8-15-10-9(18(19)20)7-14-11(16-10)17-13/h7H,2-6,8,13H2,1H3,(H2,14,15,16,17). The Bertz CT molecular complexity index is 487. The van der Waals surface area contributed by atoms with Gasteiger partial charge in [-0.2, -0.15) is 4.98 Å². The van der Waals surface area contributed by atoms with Gasteiger partial charge in [0.1, 0.15) is 6.20 Å². The lowest BCUT2D eigenvalue weighted by Crippen LogP contribution is -2.26. The second-order valence-electron chi connectivity index (χ2n) is 5.24. The van der Waals surface area contributed by atoms with Gasteiger partial charge >= 0.3 is 5.69 Å².